The molecular weight excluding hydrogens is 340 g/mol. The molecule has 3 rings (SSSR count). The molecule has 6 nitrogen and oxygen atoms in total. The number of nitrogens with one attached hydrogen (secondary N) is 1. The van der Waals surface area contributed by atoms with Gasteiger partial charge in [0.15, 0.2) is 0 Å². The molecule has 0 spiro atoms. The van der Waals surface area contributed by atoms with Crippen LogP contribution in [0, 0.1) is 5.92 Å². The topological polar surface area (TPSA) is 67.3 Å². The molecule has 2 aromatic rings. The Labute approximate surface area is 161 Å². The van der Waals surface area contributed by atoms with E-state index in [9.17, 15) is 4.79 Å². The molecule has 1 aromatic carbocycles. The molecule has 0 radical (unpaired) electrons. The van der Waals surface area contributed by atoms with E-state index >= 15 is 0 Å². The fourth-order valence-corrected chi connectivity index (χ4v) is 3.31. The number of carbonyl (C=O) groups is 1. The largest absolute Gasteiger partial charge is 0.382 e. The van der Waals surface area contributed by atoms with Crippen molar-refractivity contribution in [3.05, 3.63) is 42.7 Å². The maximum absolute atomic E-state index is 12.4. The van der Waals surface area contributed by atoms with Gasteiger partial charge in [0.05, 0.1) is 5.92 Å². The average Bonchev–Trinajstić information content (AvgIpc) is 2.74. The van der Waals surface area contributed by atoms with Crippen molar-refractivity contribution in [2.75, 3.05) is 37.7 Å². The van der Waals surface area contributed by atoms with Gasteiger partial charge < -0.3 is 15.0 Å². The van der Waals surface area contributed by atoms with E-state index in [1.165, 1.54) is 0 Å². The van der Waals surface area contributed by atoms with Crippen molar-refractivity contribution in [3.63, 3.8) is 0 Å². The van der Waals surface area contributed by atoms with Crippen LogP contribution in [-0.2, 0) is 9.53 Å². The molecule has 1 fully saturated rings. The molecule has 144 valence electrons. The normalized spacial score (nSPS) is 16.9. The molecule has 1 aliphatic rings. The number of benzene rings is 1. The third-order valence-corrected chi connectivity index (χ3v) is 4.79. The van der Waals surface area contributed by atoms with Crippen LogP contribution in [0.15, 0.2) is 42.7 Å². The first-order valence-corrected chi connectivity index (χ1v) is 9.76. The Balaban J connectivity index is 1.54. The summed E-state index contributed by atoms with van der Waals surface area (Å²) in [5.41, 5.74) is 2.10. The van der Waals surface area contributed by atoms with Crippen molar-refractivity contribution in [2.24, 2.45) is 5.92 Å². The van der Waals surface area contributed by atoms with Crippen LogP contribution < -0.4 is 10.2 Å². The Morgan fingerprint density at radius 3 is 2.74 bits per heavy atom. The summed E-state index contributed by atoms with van der Waals surface area (Å²) in [4.78, 5) is 23.6. The number of anilines is 1. The van der Waals surface area contributed by atoms with Crippen LogP contribution in [0.1, 0.15) is 26.2 Å². The number of nitrogens with zero attached hydrogens (tertiary/aromatic N) is 3. The lowest BCUT2D eigenvalue weighted by atomic mass is 9.97. The van der Waals surface area contributed by atoms with Crippen molar-refractivity contribution in [2.45, 2.75) is 26.2 Å². The molecule has 6 heteroatoms. The second-order valence-corrected chi connectivity index (χ2v) is 6.76. The predicted molar refractivity (Wildman–Crippen MR) is 107 cm³/mol. The molecule has 1 aliphatic heterocycles. The van der Waals surface area contributed by atoms with E-state index in [2.05, 4.69) is 20.2 Å². The summed E-state index contributed by atoms with van der Waals surface area (Å²) >= 11 is 0. The minimum absolute atomic E-state index is 0.0109. The van der Waals surface area contributed by atoms with Gasteiger partial charge in [-0.25, -0.2) is 9.97 Å². The number of aromatic nitrogens is 2. The van der Waals surface area contributed by atoms with Gasteiger partial charge in [-0.2, -0.15) is 0 Å². The number of carbonyl (C=O) groups excluding carboxylic acids is 1. The van der Waals surface area contributed by atoms with Gasteiger partial charge in [-0.3, -0.25) is 4.79 Å². The van der Waals surface area contributed by atoms with Gasteiger partial charge in [-0.05, 0) is 31.7 Å². The Kier molecular flexibility index (Phi) is 7.16. The molecule has 1 amide bonds. The Morgan fingerprint density at radius 2 is 2.00 bits per heavy atom. The van der Waals surface area contributed by atoms with Gasteiger partial charge in [0.1, 0.15) is 0 Å². The molecule has 1 aromatic heterocycles. The van der Waals surface area contributed by atoms with E-state index in [0.29, 0.717) is 32.3 Å². The number of rotatable bonds is 8. The third kappa shape index (κ3) is 5.50. The highest BCUT2D eigenvalue weighted by molar-refractivity contribution is 5.79. The fraction of sp³-hybridized carbons (Fsp3) is 0.476. The minimum atomic E-state index is -0.0109. The zero-order chi connectivity index (χ0) is 18.9. The van der Waals surface area contributed by atoms with Gasteiger partial charge in [-0.15, -0.1) is 0 Å². The van der Waals surface area contributed by atoms with E-state index in [1.54, 1.807) is 0 Å². The number of hydrogen-bond acceptors (Lipinski definition) is 5. The van der Waals surface area contributed by atoms with Crippen LogP contribution in [0.3, 0.4) is 0 Å². The smallest absolute Gasteiger partial charge is 0.225 e. The molecule has 0 aliphatic carbocycles. The highest BCUT2D eigenvalue weighted by Gasteiger charge is 2.26. The molecule has 0 bridgehead atoms. The lowest BCUT2D eigenvalue weighted by Crippen LogP contribution is -2.44. The number of hydrogen-bond donors (Lipinski definition) is 1. The van der Waals surface area contributed by atoms with Crippen molar-refractivity contribution in [1.29, 1.82) is 0 Å². The highest BCUT2D eigenvalue weighted by atomic mass is 16.5. The number of piperidine rings is 1. The van der Waals surface area contributed by atoms with Crippen LogP contribution in [0.2, 0.25) is 0 Å². The maximum atomic E-state index is 12.4. The lowest BCUT2D eigenvalue weighted by molar-refractivity contribution is -0.125. The molecule has 2 heterocycles. The lowest BCUT2D eigenvalue weighted by Gasteiger charge is -2.32. The Hall–Kier alpha value is -2.47. The summed E-state index contributed by atoms with van der Waals surface area (Å²) in [6, 6.07) is 10.1. The average molecular weight is 368 g/mol. The monoisotopic (exact) mass is 368 g/mol. The van der Waals surface area contributed by atoms with E-state index in [-0.39, 0.29) is 11.8 Å². The maximum Gasteiger partial charge on any atom is 0.225 e. The van der Waals surface area contributed by atoms with Crippen LogP contribution in [0.5, 0.6) is 0 Å². The van der Waals surface area contributed by atoms with Crippen LogP contribution in [-0.4, -0.2) is 48.7 Å². The fourth-order valence-electron chi connectivity index (χ4n) is 3.31. The summed E-state index contributed by atoms with van der Waals surface area (Å²) in [5, 5.41) is 3.03. The summed E-state index contributed by atoms with van der Waals surface area (Å²) in [7, 11) is 0. The zero-order valence-corrected chi connectivity index (χ0v) is 15.9. The van der Waals surface area contributed by atoms with Gasteiger partial charge in [0, 0.05) is 50.8 Å². The molecule has 1 atom stereocenters. The Morgan fingerprint density at radius 1 is 1.22 bits per heavy atom. The molecule has 0 saturated carbocycles. The van der Waals surface area contributed by atoms with Crippen LogP contribution >= 0.6 is 0 Å². The molecule has 27 heavy (non-hydrogen) atoms. The molecule has 1 saturated heterocycles. The number of ether oxygens (including phenoxy) is 1. The van der Waals surface area contributed by atoms with E-state index in [1.807, 2.05) is 49.6 Å². The quantitative estimate of drug-likeness (QED) is 0.726. The summed E-state index contributed by atoms with van der Waals surface area (Å²) in [6.07, 6.45) is 6.45. The van der Waals surface area contributed by atoms with Crippen molar-refractivity contribution in [1.82, 2.24) is 15.3 Å². The first kappa shape index (κ1) is 19.3. The Bertz CT molecular complexity index is 706. The standard InChI is InChI=1S/C21H28N4O2/c1-2-27-13-7-11-22-20(26)18-10-6-12-25(16-18)21-23-14-19(15-24-21)17-8-4-3-5-9-17/h3-5,8-9,14-15,18H,2,6-7,10-13,16H2,1H3,(H,22,26). The second kappa shape index (κ2) is 10.0. The third-order valence-electron chi connectivity index (χ3n) is 4.79. The van der Waals surface area contributed by atoms with Gasteiger partial charge >= 0.3 is 0 Å². The minimum Gasteiger partial charge on any atom is -0.382 e. The van der Waals surface area contributed by atoms with E-state index < -0.39 is 0 Å². The van der Waals surface area contributed by atoms with Crippen molar-refractivity contribution < 1.29 is 9.53 Å². The molecule has 1 N–H and O–H groups in total. The number of amides is 1. The van der Waals surface area contributed by atoms with E-state index in [0.717, 1.165) is 36.9 Å². The first-order chi connectivity index (χ1) is 13.3. The van der Waals surface area contributed by atoms with Gasteiger partial charge in [0.2, 0.25) is 11.9 Å². The highest BCUT2D eigenvalue weighted by Crippen LogP contribution is 2.22. The molecule has 1 unspecified atom stereocenters. The van der Waals surface area contributed by atoms with Gasteiger partial charge in [-0.1, -0.05) is 30.3 Å². The van der Waals surface area contributed by atoms with Crippen LogP contribution in [0.25, 0.3) is 11.1 Å². The second-order valence-electron chi connectivity index (χ2n) is 6.76. The zero-order valence-electron chi connectivity index (χ0n) is 15.9. The predicted octanol–water partition coefficient (Wildman–Crippen LogP) is 2.90. The van der Waals surface area contributed by atoms with Crippen molar-refractivity contribution in [3.8, 4) is 11.1 Å². The summed E-state index contributed by atoms with van der Waals surface area (Å²) in [5.74, 6) is 0.809. The summed E-state index contributed by atoms with van der Waals surface area (Å²) < 4.78 is 5.30. The molecular formula is C21H28N4O2. The SMILES string of the molecule is CCOCCCNC(=O)C1CCCN(c2ncc(-c3ccccc3)cn2)C1. The van der Waals surface area contributed by atoms with Crippen LogP contribution in [0.4, 0.5) is 5.95 Å². The summed E-state index contributed by atoms with van der Waals surface area (Å²) in [6.45, 7) is 5.60. The van der Waals surface area contributed by atoms with Gasteiger partial charge in [0.25, 0.3) is 0 Å². The van der Waals surface area contributed by atoms with E-state index in [4.69, 9.17) is 4.74 Å². The van der Waals surface area contributed by atoms with Crippen molar-refractivity contribution >= 4 is 11.9 Å². The first-order valence-electron chi connectivity index (χ1n) is 9.76.